The van der Waals surface area contributed by atoms with Crippen LogP contribution in [0.3, 0.4) is 0 Å². The second kappa shape index (κ2) is 7.34. The lowest BCUT2D eigenvalue weighted by molar-refractivity contribution is 0.342. The van der Waals surface area contributed by atoms with E-state index in [2.05, 4.69) is 41.9 Å². The van der Waals surface area contributed by atoms with Crippen molar-refractivity contribution in [3.8, 4) is 0 Å². The Labute approximate surface area is 113 Å². The summed E-state index contributed by atoms with van der Waals surface area (Å²) in [7, 11) is 0. The summed E-state index contributed by atoms with van der Waals surface area (Å²) in [5.41, 5.74) is 1.39. The molecular weight excluding hydrogens is 284 g/mol. The summed E-state index contributed by atoms with van der Waals surface area (Å²) in [6.45, 7) is 4.57. The van der Waals surface area contributed by atoms with Gasteiger partial charge in [-0.15, -0.1) is 0 Å². The summed E-state index contributed by atoms with van der Waals surface area (Å²) in [5, 5.41) is 1.91. The van der Waals surface area contributed by atoms with Gasteiger partial charge in [0.1, 0.15) is 0 Å². The van der Waals surface area contributed by atoms with Gasteiger partial charge in [0.05, 0.1) is 0 Å². The highest BCUT2D eigenvalue weighted by atomic mass is 79.9. The molecule has 1 rings (SSSR count). The van der Waals surface area contributed by atoms with Crippen molar-refractivity contribution in [2.45, 2.75) is 33.1 Å². The van der Waals surface area contributed by atoms with E-state index in [9.17, 15) is 0 Å². The third-order valence-corrected chi connectivity index (χ3v) is 4.41. The predicted octanol–water partition coefficient (Wildman–Crippen LogP) is 5.33. The van der Waals surface area contributed by atoms with Crippen molar-refractivity contribution in [1.29, 1.82) is 0 Å². The molecule has 90 valence electrons. The summed E-state index contributed by atoms with van der Waals surface area (Å²) in [6, 6.07) is 8.24. The first-order chi connectivity index (χ1) is 7.71. The van der Waals surface area contributed by atoms with E-state index in [-0.39, 0.29) is 0 Å². The van der Waals surface area contributed by atoms with Crippen LogP contribution in [0.1, 0.15) is 32.3 Å². The minimum absolute atomic E-state index is 0.733. The van der Waals surface area contributed by atoms with E-state index in [4.69, 9.17) is 11.6 Å². The highest BCUT2D eigenvalue weighted by molar-refractivity contribution is 9.09. The van der Waals surface area contributed by atoms with Crippen LogP contribution >= 0.6 is 27.5 Å². The molecule has 0 amide bonds. The molecular formula is C14H20BrCl. The fourth-order valence-electron chi connectivity index (χ4n) is 2.23. The molecule has 2 heteroatoms. The number of benzene rings is 1. The normalized spacial score (nSPS) is 13.1. The van der Waals surface area contributed by atoms with Crippen molar-refractivity contribution in [3.63, 3.8) is 0 Å². The van der Waals surface area contributed by atoms with Crippen LogP contribution in [0, 0.1) is 11.8 Å². The molecule has 0 aliphatic heterocycles. The standard InChI is InChI=1S/C14H20BrCl/c1-3-12(4-2)13(10-15)9-11-5-7-14(16)8-6-11/h5-8,12-13H,3-4,9-10H2,1-2H3. The average Bonchev–Trinajstić information content (AvgIpc) is 2.32. The molecule has 0 bridgehead atoms. The van der Waals surface area contributed by atoms with Crippen LogP contribution in [0.25, 0.3) is 0 Å². The second-order valence-corrected chi connectivity index (χ2v) is 5.41. The number of hydrogen-bond acceptors (Lipinski definition) is 0. The molecule has 0 aromatic heterocycles. The lowest BCUT2D eigenvalue weighted by Gasteiger charge is -2.23. The summed E-state index contributed by atoms with van der Waals surface area (Å²) in [4.78, 5) is 0. The smallest absolute Gasteiger partial charge is 0.0406 e. The van der Waals surface area contributed by atoms with Gasteiger partial charge in [0.2, 0.25) is 0 Å². The third kappa shape index (κ3) is 4.10. The fraction of sp³-hybridized carbons (Fsp3) is 0.571. The molecule has 0 nitrogen and oxygen atoms in total. The first-order valence-electron chi connectivity index (χ1n) is 6.01. The van der Waals surface area contributed by atoms with Gasteiger partial charge in [0.25, 0.3) is 0 Å². The van der Waals surface area contributed by atoms with Gasteiger partial charge in [-0.2, -0.15) is 0 Å². The van der Waals surface area contributed by atoms with E-state index in [0.717, 1.165) is 28.6 Å². The van der Waals surface area contributed by atoms with Crippen molar-refractivity contribution < 1.29 is 0 Å². The van der Waals surface area contributed by atoms with Crippen LogP contribution in [-0.2, 0) is 6.42 Å². The first-order valence-corrected chi connectivity index (χ1v) is 7.51. The maximum atomic E-state index is 5.89. The van der Waals surface area contributed by atoms with Crippen molar-refractivity contribution in [1.82, 2.24) is 0 Å². The Morgan fingerprint density at radius 2 is 1.62 bits per heavy atom. The average molecular weight is 304 g/mol. The molecule has 0 spiro atoms. The number of alkyl halides is 1. The van der Waals surface area contributed by atoms with Crippen LogP contribution in [0.4, 0.5) is 0 Å². The zero-order valence-corrected chi connectivity index (χ0v) is 12.4. The SMILES string of the molecule is CCC(CC)C(CBr)Cc1ccc(Cl)cc1. The lowest BCUT2D eigenvalue weighted by Crippen LogP contribution is -2.17. The predicted molar refractivity (Wildman–Crippen MR) is 76.5 cm³/mol. The molecule has 1 unspecified atom stereocenters. The van der Waals surface area contributed by atoms with Crippen molar-refractivity contribution in [2.24, 2.45) is 11.8 Å². The molecule has 1 atom stereocenters. The molecule has 0 saturated carbocycles. The molecule has 1 aromatic carbocycles. The number of halogens is 2. The maximum Gasteiger partial charge on any atom is 0.0406 e. The summed E-state index contributed by atoms with van der Waals surface area (Å²) in [6.07, 6.45) is 3.68. The van der Waals surface area contributed by atoms with Crippen LogP contribution in [-0.4, -0.2) is 5.33 Å². The van der Waals surface area contributed by atoms with E-state index in [1.165, 1.54) is 18.4 Å². The van der Waals surface area contributed by atoms with E-state index in [1.54, 1.807) is 0 Å². The van der Waals surface area contributed by atoms with E-state index >= 15 is 0 Å². The molecule has 0 fully saturated rings. The van der Waals surface area contributed by atoms with Gasteiger partial charge < -0.3 is 0 Å². The van der Waals surface area contributed by atoms with Gasteiger partial charge >= 0.3 is 0 Å². The van der Waals surface area contributed by atoms with Gasteiger partial charge in [-0.05, 0) is 36.0 Å². The van der Waals surface area contributed by atoms with E-state index < -0.39 is 0 Å². The highest BCUT2D eigenvalue weighted by Gasteiger charge is 2.17. The Bertz CT molecular complexity index is 290. The zero-order valence-electron chi connectivity index (χ0n) is 10.0. The monoisotopic (exact) mass is 302 g/mol. The fourth-order valence-corrected chi connectivity index (χ4v) is 3.11. The summed E-state index contributed by atoms with van der Waals surface area (Å²) < 4.78 is 0. The molecule has 0 radical (unpaired) electrons. The Balaban J connectivity index is 2.65. The van der Waals surface area contributed by atoms with Crippen molar-refractivity contribution >= 4 is 27.5 Å². The highest BCUT2D eigenvalue weighted by Crippen LogP contribution is 2.25. The summed E-state index contributed by atoms with van der Waals surface area (Å²) >= 11 is 9.53. The minimum Gasteiger partial charge on any atom is -0.0925 e. The third-order valence-electron chi connectivity index (χ3n) is 3.32. The Kier molecular flexibility index (Phi) is 6.45. The molecule has 0 saturated heterocycles. The van der Waals surface area contributed by atoms with E-state index in [0.29, 0.717) is 0 Å². The molecule has 0 aliphatic carbocycles. The Morgan fingerprint density at radius 3 is 2.06 bits per heavy atom. The Morgan fingerprint density at radius 1 is 1.06 bits per heavy atom. The second-order valence-electron chi connectivity index (χ2n) is 4.32. The van der Waals surface area contributed by atoms with Crippen molar-refractivity contribution in [2.75, 3.05) is 5.33 Å². The molecule has 1 aromatic rings. The van der Waals surface area contributed by atoms with Crippen LogP contribution < -0.4 is 0 Å². The topological polar surface area (TPSA) is 0 Å². The van der Waals surface area contributed by atoms with Gasteiger partial charge in [0, 0.05) is 10.4 Å². The quantitative estimate of drug-likeness (QED) is 0.623. The van der Waals surface area contributed by atoms with Crippen molar-refractivity contribution in [3.05, 3.63) is 34.9 Å². The Hall–Kier alpha value is -0.0100. The summed E-state index contributed by atoms with van der Waals surface area (Å²) in [5.74, 6) is 1.55. The number of hydrogen-bond donors (Lipinski definition) is 0. The largest absolute Gasteiger partial charge is 0.0925 e. The molecule has 16 heavy (non-hydrogen) atoms. The van der Waals surface area contributed by atoms with E-state index in [1.807, 2.05) is 12.1 Å². The zero-order chi connectivity index (χ0) is 12.0. The number of rotatable bonds is 6. The van der Waals surface area contributed by atoms with Crippen LogP contribution in [0.15, 0.2) is 24.3 Å². The van der Waals surface area contributed by atoms with Crippen LogP contribution in [0.2, 0.25) is 5.02 Å². The molecule has 0 heterocycles. The minimum atomic E-state index is 0.733. The van der Waals surface area contributed by atoms with Gasteiger partial charge in [-0.1, -0.05) is 66.4 Å². The molecule has 0 N–H and O–H groups in total. The van der Waals surface area contributed by atoms with Gasteiger partial charge in [-0.25, -0.2) is 0 Å². The van der Waals surface area contributed by atoms with Gasteiger partial charge in [0.15, 0.2) is 0 Å². The lowest BCUT2D eigenvalue weighted by atomic mass is 9.85. The van der Waals surface area contributed by atoms with Crippen LogP contribution in [0.5, 0.6) is 0 Å². The molecule has 0 aliphatic rings. The van der Waals surface area contributed by atoms with Gasteiger partial charge in [-0.3, -0.25) is 0 Å². The maximum absolute atomic E-state index is 5.89. The first kappa shape index (κ1) is 14.1.